The third kappa shape index (κ3) is 6.79. The van der Waals surface area contributed by atoms with Gasteiger partial charge < -0.3 is 0 Å². The molecule has 4 nitrogen and oxygen atoms in total. The van der Waals surface area contributed by atoms with Crippen LogP contribution in [0.25, 0.3) is 95.0 Å². The molecular weight excluding hydrogens is 717 g/mol. The van der Waals surface area contributed by atoms with Gasteiger partial charge in [-0.15, -0.1) is 0 Å². The van der Waals surface area contributed by atoms with E-state index in [-0.39, 0.29) is 0 Å². The van der Waals surface area contributed by atoms with E-state index in [1.807, 2.05) is 24.3 Å². The number of fused-ring (bicyclic) bond motifs is 3. The van der Waals surface area contributed by atoms with Crippen LogP contribution in [0.5, 0.6) is 0 Å². The second-order valence-electron chi connectivity index (χ2n) is 15.0. The first kappa shape index (κ1) is 35.9. The summed E-state index contributed by atoms with van der Waals surface area (Å²) in [6, 6.07) is 69.1. The summed E-state index contributed by atoms with van der Waals surface area (Å²) in [6.07, 6.45) is 1.99. The van der Waals surface area contributed by atoms with Gasteiger partial charge in [0.05, 0.1) is 11.0 Å². The Hall–Kier alpha value is -7.43. The Bertz CT molecular complexity index is 3110. The van der Waals surface area contributed by atoms with E-state index in [2.05, 4.69) is 188 Å². The van der Waals surface area contributed by atoms with Gasteiger partial charge in [0.2, 0.25) is 5.95 Å². The lowest BCUT2D eigenvalue weighted by molar-refractivity contribution is 0.953. The zero-order chi connectivity index (χ0) is 39.7. The third-order valence-corrected chi connectivity index (χ3v) is 11.5. The largest absolute Gasteiger partial charge is 0.278 e. The number of aryl methyl sites for hydroxylation is 2. The molecule has 0 atom stereocenters. The molecule has 0 saturated carbocycles. The minimum absolute atomic E-state index is 0.582. The van der Waals surface area contributed by atoms with E-state index < -0.39 is 0 Å². The molecule has 0 unspecified atom stereocenters. The van der Waals surface area contributed by atoms with Crippen LogP contribution in [0.3, 0.4) is 0 Å². The van der Waals surface area contributed by atoms with Gasteiger partial charge in [0.25, 0.3) is 0 Å². The number of nitrogens with zero attached hydrogens (tertiary/aromatic N) is 4. The first-order valence-corrected chi connectivity index (χ1v) is 20.5. The number of hydrogen-bond acceptors (Lipinski definition) is 3. The van der Waals surface area contributed by atoms with Crippen molar-refractivity contribution in [3.8, 4) is 73.2 Å². The van der Waals surface area contributed by atoms with Gasteiger partial charge in [-0.1, -0.05) is 184 Å². The van der Waals surface area contributed by atoms with Crippen LogP contribution in [-0.4, -0.2) is 19.5 Å². The first-order valence-electron chi connectivity index (χ1n) is 20.5. The van der Waals surface area contributed by atoms with Gasteiger partial charge in [0.15, 0.2) is 11.6 Å². The summed E-state index contributed by atoms with van der Waals surface area (Å²) in [7, 11) is 0. The summed E-state index contributed by atoms with van der Waals surface area (Å²) in [6.45, 7) is 4.49. The molecule has 0 aliphatic heterocycles. The molecule has 0 aliphatic rings. The average Bonchev–Trinajstić information content (AvgIpc) is 3.65. The molecule has 0 spiro atoms. The molecule has 0 aliphatic carbocycles. The highest BCUT2D eigenvalue weighted by atomic mass is 15.2. The molecule has 2 aromatic heterocycles. The Morgan fingerprint density at radius 2 is 0.831 bits per heavy atom. The molecule has 0 saturated heterocycles. The molecule has 0 bridgehead atoms. The Balaban J connectivity index is 1.07. The lowest BCUT2D eigenvalue weighted by Crippen LogP contribution is -2.06. The van der Waals surface area contributed by atoms with E-state index in [1.165, 1.54) is 44.5 Å². The predicted octanol–water partition coefficient (Wildman–Crippen LogP) is 14.1. The minimum Gasteiger partial charge on any atom is -0.278 e. The summed E-state index contributed by atoms with van der Waals surface area (Å²) in [5.74, 6) is 1.84. The minimum atomic E-state index is 0.582. The number of benzene rings is 8. The van der Waals surface area contributed by atoms with Crippen molar-refractivity contribution in [3.63, 3.8) is 0 Å². The molecule has 59 heavy (non-hydrogen) atoms. The van der Waals surface area contributed by atoms with Gasteiger partial charge in [-0.25, -0.2) is 4.98 Å². The molecule has 10 aromatic rings. The number of hydrogen-bond donors (Lipinski definition) is 0. The fraction of sp³-hybridized carbons (Fsp3) is 0.0727. The molecule has 0 fully saturated rings. The van der Waals surface area contributed by atoms with Gasteiger partial charge in [0.1, 0.15) is 0 Å². The van der Waals surface area contributed by atoms with Crippen LogP contribution >= 0.6 is 0 Å². The molecule has 8 aromatic carbocycles. The highest BCUT2D eigenvalue weighted by Crippen LogP contribution is 2.37. The van der Waals surface area contributed by atoms with Gasteiger partial charge in [0, 0.05) is 21.9 Å². The molecular formula is C55H42N4. The monoisotopic (exact) mass is 758 g/mol. The zero-order valence-corrected chi connectivity index (χ0v) is 33.2. The van der Waals surface area contributed by atoms with Crippen molar-refractivity contribution in [1.82, 2.24) is 19.5 Å². The summed E-state index contributed by atoms with van der Waals surface area (Å²) < 4.78 is 2.19. The van der Waals surface area contributed by atoms with Crippen LogP contribution in [0.4, 0.5) is 0 Å². The van der Waals surface area contributed by atoms with E-state index in [4.69, 9.17) is 15.0 Å². The molecule has 10 rings (SSSR count). The molecule has 0 radical (unpaired) electrons. The van der Waals surface area contributed by atoms with Crippen molar-refractivity contribution >= 4 is 21.8 Å². The van der Waals surface area contributed by atoms with E-state index >= 15 is 0 Å². The first-order chi connectivity index (χ1) is 29.1. The second-order valence-corrected chi connectivity index (χ2v) is 15.0. The van der Waals surface area contributed by atoms with Gasteiger partial charge in [-0.3, -0.25) is 4.57 Å². The van der Waals surface area contributed by atoms with Crippen molar-refractivity contribution in [1.29, 1.82) is 0 Å². The molecule has 282 valence electrons. The summed E-state index contributed by atoms with van der Waals surface area (Å²) in [4.78, 5) is 15.4. The van der Waals surface area contributed by atoms with E-state index in [9.17, 15) is 0 Å². The van der Waals surface area contributed by atoms with Crippen LogP contribution in [0.15, 0.2) is 194 Å². The molecule has 4 heteroatoms. The fourth-order valence-corrected chi connectivity index (χ4v) is 8.42. The van der Waals surface area contributed by atoms with Crippen LogP contribution in [-0.2, 0) is 12.8 Å². The average molecular weight is 759 g/mol. The number of rotatable bonds is 9. The van der Waals surface area contributed by atoms with E-state index in [0.29, 0.717) is 17.6 Å². The highest BCUT2D eigenvalue weighted by Gasteiger charge is 2.19. The Morgan fingerprint density at radius 3 is 1.56 bits per heavy atom. The van der Waals surface area contributed by atoms with Crippen molar-refractivity contribution in [2.75, 3.05) is 0 Å². The van der Waals surface area contributed by atoms with Crippen molar-refractivity contribution in [3.05, 3.63) is 205 Å². The van der Waals surface area contributed by atoms with Crippen LogP contribution in [0.1, 0.15) is 25.0 Å². The second kappa shape index (κ2) is 15.5. The van der Waals surface area contributed by atoms with E-state index in [0.717, 1.165) is 56.9 Å². The van der Waals surface area contributed by atoms with Crippen molar-refractivity contribution in [2.24, 2.45) is 0 Å². The SMILES string of the molecule is CCc1ccccc1-c1ccc(-c2cccc(-c3ccc4c(c3)c3ccccc3n4-c3nc(-c4ccccc4)nc(-c4ccc(-c5ccccc5)cc4)n3)c2)cc1CC. The topological polar surface area (TPSA) is 43.6 Å². The Morgan fingerprint density at radius 1 is 0.339 bits per heavy atom. The quantitative estimate of drug-likeness (QED) is 0.147. The lowest BCUT2D eigenvalue weighted by atomic mass is 9.90. The molecule has 2 heterocycles. The van der Waals surface area contributed by atoms with Crippen molar-refractivity contribution < 1.29 is 0 Å². The van der Waals surface area contributed by atoms with Gasteiger partial charge in [-0.05, 0) is 92.7 Å². The predicted molar refractivity (Wildman–Crippen MR) is 246 cm³/mol. The lowest BCUT2D eigenvalue weighted by Gasteiger charge is -2.15. The van der Waals surface area contributed by atoms with Gasteiger partial charge >= 0.3 is 0 Å². The summed E-state index contributed by atoms with van der Waals surface area (Å²) in [5, 5.41) is 2.29. The highest BCUT2D eigenvalue weighted by molar-refractivity contribution is 6.10. The maximum Gasteiger partial charge on any atom is 0.238 e. The van der Waals surface area contributed by atoms with Crippen LogP contribution in [0.2, 0.25) is 0 Å². The smallest absolute Gasteiger partial charge is 0.238 e. The maximum absolute atomic E-state index is 5.19. The normalized spacial score (nSPS) is 11.4. The fourth-order valence-electron chi connectivity index (χ4n) is 8.42. The third-order valence-electron chi connectivity index (χ3n) is 11.5. The zero-order valence-electron chi connectivity index (χ0n) is 33.2. The molecule has 0 N–H and O–H groups in total. The van der Waals surface area contributed by atoms with E-state index in [1.54, 1.807) is 0 Å². The maximum atomic E-state index is 5.19. The molecule has 0 amide bonds. The van der Waals surface area contributed by atoms with Crippen LogP contribution in [0, 0.1) is 0 Å². The van der Waals surface area contributed by atoms with Crippen LogP contribution < -0.4 is 0 Å². The summed E-state index contributed by atoms with van der Waals surface area (Å²) in [5.41, 5.74) is 16.4. The summed E-state index contributed by atoms with van der Waals surface area (Å²) >= 11 is 0. The van der Waals surface area contributed by atoms with Crippen molar-refractivity contribution in [2.45, 2.75) is 26.7 Å². The Labute approximate surface area is 345 Å². The number of para-hydroxylation sites is 1. The standard InChI is InChI=1S/C55H42N4/c1-3-37-16-11-12-23-47(37)48-32-30-45(34-38(48)4-2)43-21-15-22-44(35-43)46-31-33-52-50(36-46)49-24-13-14-25-51(49)59(52)55-57-53(41-19-9-6-10-20-41)56-54(58-55)42-28-26-40(27-29-42)39-17-7-5-8-18-39/h5-36H,3-4H2,1-2H3. The van der Waals surface area contributed by atoms with Gasteiger partial charge in [-0.2, -0.15) is 9.97 Å². The number of aromatic nitrogens is 4. The Kier molecular flexibility index (Phi) is 9.44.